The van der Waals surface area contributed by atoms with Gasteiger partial charge in [0.15, 0.2) is 0 Å². The third kappa shape index (κ3) is 5.85. The van der Waals surface area contributed by atoms with Crippen LogP contribution in [0.25, 0.3) is 32.0 Å². The number of hydrogen-bond donors (Lipinski definition) is 1. The predicted octanol–water partition coefficient (Wildman–Crippen LogP) is 13.7. The van der Waals surface area contributed by atoms with E-state index in [1.165, 1.54) is 120 Å². The van der Waals surface area contributed by atoms with Crippen molar-refractivity contribution in [3.8, 4) is 0 Å². The Bertz CT molecular complexity index is 1880. The van der Waals surface area contributed by atoms with Crippen LogP contribution in [0.3, 0.4) is 0 Å². The van der Waals surface area contributed by atoms with Crippen LogP contribution in [-0.4, -0.2) is 4.98 Å². The van der Waals surface area contributed by atoms with E-state index < -0.39 is 0 Å². The second kappa shape index (κ2) is 13.4. The average molecular weight is 638 g/mol. The molecule has 0 bridgehead atoms. The lowest BCUT2D eigenvalue weighted by Gasteiger charge is -2.11. The van der Waals surface area contributed by atoms with Gasteiger partial charge in [-0.05, 0) is 213 Å². The topological polar surface area (TPSA) is 28.9 Å². The molecule has 0 fully saturated rings. The highest BCUT2D eigenvalue weighted by Gasteiger charge is 2.17. The van der Waals surface area contributed by atoms with Gasteiger partial charge in [0.1, 0.15) is 11.3 Å². The Hall–Kier alpha value is -3.30. The minimum atomic E-state index is 0. The molecule has 0 saturated carbocycles. The summed E-state index contributed by atoms with van der Waals surface area (Å²) in [5, 5.41) is 4.24. The van der Waals surface area contributed by atoms with E-state index in [1.807, 2.05) is 18.3 Å². The number of H-pyrrole nitrogens is 1. The molecule has 2 nitrogen and oxygen atoms in total. The van der Waals surface area contributed by atoms with Crippen molar-refractivity contribution in [1.29, 1.82) is 0 Å². The molecule has 248 valence electrons. The van der Waals surface area contributed by atoms with E-state index in [-0.39, 0.29) is 7.43 Å². The Morgan fingerprint density at radius 3 is 1.37 bits per heavy atom. The third-order valence-corrected chi connectivity index (χ3v) is 12.8. The summed E-state index contributed by atoms with van der Waals surface area (Å²) in [6.07, 6.45) is 0. The molecule has 3 aromatic carbocycles. The molecule has 0 atom stereocenters. The van der Waals surface area contributed by atoms with Gasteiger partial charge in [0.05, 0.1) is 0 Å². The molecule has 0 radical (unpaired) electrons. The Balaban J connectivity index is 0.000000186. The van der Waals surface area contributed by atoms with Gasteiger partial charge >= 0.3 is 0 Å². The number of aryl methyl sites for hydroxylation is 12. The van der Waals surface area contributed by atoms with Crippen molar-refractivity contribution >= 4 is 43.3 Å². The first-order valence-corrected chi connectivity index (χ1v) is 17.1. The van der Waals surface area contributed by atoms with Crippen molar-refractivity contribution in [2.45, 2.75) is 132 Å². The minimum Gasteiger partial charge on any atom is -0.461 e. The van der Waals surface area contributed by atoms with Crippen molar-refractivity contribution in [3.63, 3.8) is 0 Å². The standard InChI is InChI=1S/C14H19N.C14H18O.C14H18S.CH4/c3*1-7-8(2)10(4)14-13(9(7)3)11(5)12(6)15-14;/h15H,1-6H3;2*1-6H3;1H4. The number of rotatable bonds is 0. The molecular weight excluding hydrogens is 579 g/mol. The summed E-state index contributed by atoms with van der Waals surface area (Å²) in [4.78, 5) is 4.96. The van der Waals surface area contributed by atoms with Crippen LogP contribution >= 0.6 is 11.3 Å². The Kier molecular flexibility index (Phi) is 10.9. The lowest BCUT2D eigenvalue weighted by molar-refractivity contribution is 0.572. The van der Waals surface area contributed by atoms with Crippen LogP contribution < -0.4 is 0 Å². The van der Waals surface area contributed by atoms with Crippen LogP contribution in [0.15, 0.2) is 4.42 Å². The summed E-state index contributed by atoms with van der Waals surface area (Å²) in [6.45, 7) is 39.6. The number of aromatic amines is 1. The monoisotopic (exact) mass is 637 g/mol. The minimum absolute atomic E-state index is 0. The molecule has 46 heavy (non-hydrogen) atoms. The van der Waals surface area contributed by atoms with Gasteiger partial charge in [-0.1, -0.05) is 7.43 Å². The van der Waals surface area contributed by atoms with Gasteiger partial charge < -0.3 is 9.40 Å². The van der Waals surface area contributed by atoms with Gasteiger partial charge in [-0.25, -0.2) is 0 Å². The van der Waals surface area contributed by atoms with Crippen LogP contribution in [0.5, 0.6) is 0 Å². The number of thiophene rings is 1. The molecule has 0 spiro atoms. The van der Waals surface area contributed by atoms with Gasteiger partial charge in [-0.15, -0.1) is 11.3 Å². The zero-order valence-corrected chi connectivity index (χ0v) is 32.1. The molecule has 0 amide bonds. The molecule has 0 aliphatic carbocycles. The first-order valence-electron chi connectivity index (χ1n) is 16.3. The fourth-order valence-corrected chi connectivity index (χ4v) is 8.21. The number of fused-ring (bicyclic) bond motifs is 3. The van der Waals surface area contributed by atoms with Crippen LogP contribution in [0.1, 0.15) is 107 Å². The maximum atomic E-state index is 5.85. The first kappa shape index (κ1) is 37.2. The van der Waals surface area contributed by atoms with Crippen molar-refractivity contribution < 1.29 is 4.42 Å². The zero-order valence-electron chi connectivity index (χ0n) is 31.3. The summed E-state index contributed by atoms with van der Waals surface area (Å²) in [5.74, 6) is 1.04. The summed E-state index contributed by atoms with van der Waals surface area (Å²) < 4.78 is 7.34. The molecule has 0 saturated heterocycles. The number of hydrogen-bond acceptors (Lipinski definition) is 2. The van der Waals surface area contributed by atoms with Crippen LogP contribution in [-0.2, 0) is 0 Å². The predicted molar refractivity (Wildman–Crippen MR) is 208 cm³/mol. The molecule has 0 unspecified atom stereocenters. The van der Waals surface area contributed by atoms with Crippen molar-refractivity contribution in [3.05, 3.63) is 99.8 Å². The maximum Gasteiger partial charge on any atom is 0.137 e. The number of aromatic nitrogens is 1. The van der Waals surface area contributed by atoms with Crippen molar-refractivity contribution in [2.75, 3.05) is 0 Å². The lowest BCUT2D eigenvalue weighted by atomic mass is 9.94. The van der Waals surface area contributed by atoms with Gasteiger partial charge in [0, 0.05) is 31.6 Å². The van der Waals surface area contributed by atoms with E-state index in [1.54, 1.807) is 0 Å². The van der Waals surface area contributed by atoms with Crippen LogP contribution in [0.4, 0.5) is 0 Å². The maximum absolute atomic E-state index is 5.85. The summed E-state index contributed by atoms with van der Waals surface area (Å²) in [7, 11) is 0. The highest BCUT2D eigenvalue weighted by Crippen LogP contribution is 2.38. The molecule has 3 aromatic heterocycles. The van der Waals surface area contributed by atoms with E-state index in [0.29, 0.717) is 0 Å². The van der Waals surface area contributed by atoms with Gasteiger partial charge in [0.25, 0.3) is 0 Å². The quantitative estimate of drug-likeness (QED) is 0.176. The molecule has 3 heteroatoms. The Labute approximate surface area is 283 Å². The van der Waals surface area contributed by atoms with Crippen molar-refractivity contribution in [1.82, 2.24) is 4.98 Å². The molecule has 1 N–H and O–H groups in total. The lowest BCUT2D eigenvalue weighted by Crippen LogP contribution is -1.93. The largest absolute Gasteiger partial charge is 0.461 e. The van der Waals surface area contributed by atoms with Gasteiger partial charge in [-0.3, -0.25) is 0 Å². The van der Waals surface area contributed by atoms with E-state index in [9.17, 15) is 0 Å². The normalized spacial score (nSPS) is 11.1. The molecular formula is C43H59NOS. The van der Waals surface area contributed by atoms with E-state index in [2.05, 4.69) is 123 Å². The van der Waals surface area contributed by atoms with E-state index in [0.717, 1.165) is 11.3 Å². The summed E-state index contributed by atoms with van der Waals surface area (Å²) in [6, 6.07) is 0. The smallest absolute Gasteiger partial charge is 0.137 e. The van der Waals surface area contributed by atoms with Crippen molar-refractivity contribution in [2.24, 2.45) is 0 Å². The molecule has 6 rings (SSSR count). The SMILES string of the molecule is C.Cc1[nH]c2c(C)c(C)c(C)c(C)c2c1C.Cc1oc2c(C)c(C)c(C)c(C)c2c1C.Cc1sc2c(C)c(C)c(C)c(C)c2c1C. The average Bonchev–Trinajstić information content (AvgIpc) is 3.60. The first-order chi connectivity index (χ1) is 20.8. The summed E-state index contributed by atoms with van der Waals surface area (Å²) in [5.41, 5.74) is 24.8. The molecule has 0 aliphatic rings. The highest BCUT2D eigenvalue weighted by molar-refractivity contribution is 7.19. The number of furan rings is 1. The Morgan fingerprint density at radius 1 is 0.391 bits per heavy atom. The highest BCUT2D eigenvalue weighted by atomic mass is 32.1. The number of benzene rings is 3. The third-order valence-electron chi connectivity index (χ3n) is 11.5. The zero-order chi connectivity index (χ0) is 34.0. The van der Waals surface area contributed by atoms with Gasteiger partial charge in [-0.2, -0.15) is 0 Å². The van der Waals surface area contributed by atoms with Gasteiger partial charge in [0.2, 0.25) is 0 Å². The molecule has 3 heterocycles. The second-order valence-corrected chi connectivity index (χ2v) is 14.8. The van der Waals surface area contributed by atoms with E-state index >= 15 is 0 Å². The molecule has 0 aliphatic heterocycles. The second-order valence-electron chi connectivity index (χ2n) is 13.6. The fourth-order valence-electron chi connectivity index (χ4n) is 6.93. The Morgan fingerprint density at radius 2 is 0.826 bits per heavy atom. The summed E-state index contributed by atoms with van der Waals surface area (Å²) >= 11 is 1.94. The van der Waals surface area contributed by atoms with Crippen LogP contribution in [0, 0.1) is 125 Å². The number of nitrogens with one attached hydrogen (secondary N) is 1. The molecule has 6 aromatic rings. The fraction of sp³-hybridized carbons (Fsp3) is 0.442. The van der Waals surface area contributed by atoms with E-state index in [4.69, 9.17) is 4.42 Å². The van der Waals surface area contributed by atoms with Crippen LogP contribution in [0.2, 0.25) is 0 Å².